The molecule has 1 aliphatic rings. The van der Waals surface area contributed by atoms with Crippen LogP contribution in [0.3, 0.4) is 0 Å². The molecule has 0 saturated carbocycles. The van der Waals surface area contributed by atoms with Crippen LogP contribution in [0.1, 0.15) is 47.0 Å². The summed E-state index contributed by atoms with van der Waals surface area (Å²) in [5, 5.41) is 19.7. The molecule has 0 fully saturated rings. The fraction of sp³-hybridized carbons (Fsp3) is 0.733. The molecule has 2 heteroatoms. The van der Waals surface area contributed by atoms with Crippen LogP contribution in [0.2, 0.25) is 0 Å². The van der Waals surface area contributed by atoms with Crippen molar-refractivity contribution >= 4 is 0 Å². The van der Waals surface area contributed by atoms with Gasteiger partial charge in [0.1, 0.15) is 5.60 Å². The average Bonchev–Trinajstić information content (AvgIpc) is 2.21. The molecule has 0 aromatic carbocycles. The Morgan fingerprint density at radius 2 is 2.18 bits per heavy atom. The van der Waals surface area contributed by atoms with Crippen LogP contribution in [0.25, 0.3) is 0 Å². The average molecular weight is 238 g/mol. The molecular weight excluding hydrogens is 212 g/mol. The lowest BCUT2D eigenvalue weighted by Gasteiger charge is -2.35. The largest absolute Gasteiger partial charge is 0.390 e. The van der Waals surface area contributed by atoms with Gasteiger partial charge in [-0.05, 0) is 51.9 Å². The van der Waals surface area contributed by atoms with Gasteiger partial charge in [0.15, 0.2) is 0 Å². The smallest absolute Gasteiger partial charge is 0.106 e. The zero-order chi connectivity index (χ0) is 13.1. The highest BCUT2D eigenvalue weighted by Crippen LogP contribution is 2.32. The Morgan fingerprint density at radius 3 is 2.71 bits per heavy atom. The molecular formula is C15H26O2. The SMILES string of the molecule is CC(C)=CCC[C@H](C)[C@@H]1C=C[C@](C)(O)[C@@H](O)C1. The zero-order valence-corrected chi connectivity index (χ0v) is 11.5. The van der Waals surface area contributed by atoms with Gasteiger partial charge >= 0.3 is 0 Å². The van der Waals surface area contributed by atoms with E-state index in [1.165, 1.54) is 5.57 Å². The Balaban J connectivity index is 2.49. The van der Waals surface area contributed by atoms with Gasteiger partial charge in [-0.25, -0.2) is 0 Å². The first-order valence-electron chi connectivity index (χ1n) is 6.56. The van der Waals surface area contributed by atoms with Gasteiger partial charge in [0.25, 0.3) is 0 Å². The first kappa shape index (κ1) is 14.5. The molecule has 0 aromatic heterocycles. The Kier molecular flexibility index (Phi) is 4.96. The molecule has 1 aliphatic carbocycles. The normalized spacial score (nSPS) is 34.5. The van der Waals surface area contributed by atoms with E-state index < -0.39 is 11.7 Å². The number of hydrogen-bond acceptors (Lipinski definition) is 2. The molecule has 0 amide bonds. The second-order valence-electron chi connectivity index (χ2n) is 5.84. The van der Waals surface area contributed by atoms with Crippen molar-refractivity contribution in [2.75, 3.05) is 0 Å². The van der Waals surface area contributed by atoms with Crippen LogP contribution < -0.4 is 0 Å². The van der Waals surface area contributed by atoms with E-state index in [0.717, 1.165) is 12.8 Å². The van der Waals surface area contributed by atoms with Crippen LogP contribution in [0.5, 0.6) is 0 Å². The van der Waals surface area contributed by atoms with Gasteiger partial charge in [-0.2, -0.15) is 0 Å². The Bertz CT molecular complexity index is 298. The molecule has 0 unspecified atom stereocenters. The van der Waals surface area contributed by atoms with Crippen molar-refractivity contribution in [1.29, 1.82) is 0 Å². The second-order valence-corrected chi connectivity index (χ2v) is 5.84. The van der Waals surface area contributed by atoms with Crippen LogP contribution in [-0.2, 0) is 0 Å². The van der Waals surface area contributed by atoms with Crippen LogP contribution in [0, 0.1) is 11.8 Å². The molecule has 2 nitrogen and oxygen atoms in total. The third kappa shape index (κ3) is 4.29. The van der Waals surface area contributed by atoms with E-state index in [4.69, 9.17) is 0 Å². The molecule has 0 spiro atoms. The fourth-order valence-corrected chi connectivity index (χ4v) is 2.28. The van der Waals surface area contributed by atoms with E-state index in [0.29, 0.717) is 18.3 Å². The summed E-state index contributed by atoms with van der Waals surface area (Å²) < 4.78 is 0. The minimum absolute atomic E-state index is 0.385. The van der Waals surface area contributed by atoms with Crippen LogP contribution in [0.15, 0.2) is 23.8 Å². The van der Waals surface area contributed by atoms with E-state index in [-0.39, 0.29) is 0 Å². The zero-order valence-electron chi connectivity index (χ0n) is 11.5. The number of allylic oxidation sites excluding steroid dienone is 3. The summed E-state index contributed by atoms with van der Waals surface area (Å²) in [6.45, 7) is 8.12. The molecule has 0 bridgehead atoms. The molecule has 0 heterocycles. The highest BCUT2D eigenvalue weighted by molar-refractivity contribution is 5.11. The summed E-state index contributed by atoms with van der Waals surface area (Å²) in [7, 11) is 0. The Hall–Kier alpha value is -0.600. The highest BCUT2D eigenvalue weighted by atomic mass is 16.3. The molecule has 98 valence electrons. The quantitative estimate of drug-likeness (QED) is 0.739. The summed E-state index contributed by atoms with van der Waals surface area (Å²) in [4.78, 5) is 0. The van der Waals surface area contributed by atoms with Crippen molar-refractivity contribution in [2.45, 2.75) is 58.7 Å². The third-order valence-corrected chi connectivity index (χ3v) is 3.76. The summed E-state index contributed by atoms with van der Waals surface area (Å²) in [6, 6.07) is 0. The number of aliphatic hydroxyl groups excluding tert-OH is 1. The lowest BCUT2D eigenvalue weighted by Crippen LogP contribution is -2.42. The minimum atomic E-state index is -1.05. The molecule has 1 rings (SSSR count). The second kappa shape index (κ2) is 5.83. The van der Waals surface area contributed by atoms with Crippen LogP contribution in [-0.4, -0.2) is 21.9 Å². The predicted molar refractivity (Wildman–Crippen MR) is 71.7 cm³/mol. The molecule has 0 saturated heterocycles. The van der Waals surface area contributed by atoms with E-state index in [9.17, 15) is 10.2 Å². The van der Waals surface area contributed by atoms with Crippen LogP contribution in [0.4, 0.5) is 0 Å². The van der Waals surface area contributed by atoms with Crippen molar-refractivity contribution in [1.82, 2.24) is 0 Å². The van der Waals surface area contributed by atoms with Gasteiger partial charge in [-0.15, -0.1) is 0 Å². The van der Waals surface area contributed by atoms with Gasteiger partial charge in [0.2, 0.25) is 0 Å². The van der Waals surface area contributed by atoms with Gasteiger partial charge < -0.3 is 10.2 Å². The molecule has 0 aliphatic heterocycles. The van der Waals surface area contributed by atoms with E-state index in [2.05, 4.69) is 32.9 Å². The minimum Gasteiger partial charge on any atom is -0.390 e. The van der Waals surface area contributed by atoms with Gasteiger partial charge in [0, 0.05) is 0 Å². The van der Waals surface area contributed by atoms with Crippen molar-refractivity contribution in [3.05, 3.63) is 23.8 Å². The van der Waals surface area contributed by atoms with Crippen molar-refractivity contribution in [3.63, 3.8) is 0 Å². The Morgan fingerprint density at radius 1 is 1.53 bits per heavy atom. The lowest BCUT2D eigenvalue weighted by molar-refractivity contribution is -0.0455. The van der Waals surface area contributed by atoms with E-state index in [1.54, 1.807) is 13.0 Å². The maximum atomic E-state index is 9.86. The molecule has 4 atom stereocenters. The number of aliphatic hydroxyl groups is 2. The molecule has 0 radical (unpaired) electrons. The molecule has 17 heavy (non-hydrogen) atoms. The maximum absolute atomic E-state index is 9.86. The lowest BCUT2D eigenvalue weighted by atomic mass is 9.77. The predicted octanol–water partition coefficient (Wildman–Crippen LogP) is 3.06. The van der Waals surface area contributed by atoms with Crippen molar-refractivity contribution < 1.29 is 10.2 Å². The van der Waals surface area contributed by atoms with Crippen molar-refractivity contribution in [3.8, 4) is 0 Å². The fourth-order valence-electron chi connectivity index (χ4n) is 2.28. The first-order valence-corrected chi connectivity index (χ1v) is 6.56. The molecule has 0 aromatic rings. The van der Waals surface area contributed by atoms with Gasteiger partial charge in [-0.3, -0.25) is 0 Å². The van der Waals surface area contributed by atoms with Gasteiger partial charge in [-0.1, -0.05) is 30.7 Å². The standard InChI is InChI=1S/C15H26O2/c1-11(2)6-5-7-12(3)13-8-9-15(4,17)14(16)10-13/h6,8-9,12-14,16-17H,5,7,10H2,1-4H3/t12-,13+,14-,15-/m0/s1. The highest BCUT2D eigenvalue weighted by Gasteiger charge is 2.34. The molecule has 2 N–H and O–H groups in total. The summed E-state index contributed by atoms with van der Waals surface area (Å²) in [6.07, 6.45) is 8.34. The van der Waals surface area contributed by atoms with Gasteiger partial charge in [0.05, 0.1) is 6.10 Å². The maximum Gasteiger partial charge on any atom is 0.106 e. The van der Waals surface area contributed by atoms with E-state index in [1.807, 2.05) is 0 Å². The first-order chi connectivity index (χ1) is 7.83. The monoisotopic (exact) mass is 238 g/mol. The van der Waals surface area contributed by atoms with Crippen molar-refractivity contribution in [2.24, 2.45) is 11.8 Å². The summed E-state index contributed by atoms with van der Waals surface area (Å²) in [5.74, 6) is 0.934. The Labute approximate surface area is 105 Å². The number of rotatable bonds is 4. The third-order valence-electron chi connectivity index (χ3n) is 3.76. The van der Waals surface area contributed by atoms with Crippen LogP contribution >= 0.6 is 0 Å². The summed E-state index contributed by atoms with van der Waals surface area (Å²) >= 11 is 0. The number of hydrogen-bond donors (Lipinski definition) is 2. The summed E-state index contributed by atoms with van der Waals surface area (Å²) in [5.41, 5.74) is 0.315. The van der Waals surface area contributed by atoms with E-state index >= 15 is 0 Å². The topological polar surface area (TPSA) is 40.5 Å².